The van der Waals surface area contributed by atoms with Crippen LogP contribution in [0.1, 0.15) is 0 Å². The van der Waals surface area contributed by atoms with Crippen LogP contribution in [-0.4, -0.2) is 10.3 Å². The summed E-state index contributed by atoms with van der Waals surface area (Å²) in [5.41, 5.74) is 3.43. The maximum atomic E-state index is 8.36. The first-order valence-electron chi connectivity index (χ1n) is 3.23. The van der Waals surface area contributed by atoms with Crippen LogP contribution in [0, 0.1) is 10.1 Å². The number of rotatable bonds is 1. The normalized spacial score (nSPS) is 8.50. The molecule has 0 aliphatic rings. The molecule has 14 heavy (non-hydrogen) atoms. The van der Waals surface area contributed by atoms with Gasteiger partial charge >= 0.3 is 0 Å². The molecule has 0 saturated heterocycles. The van der Waals surface area contributed by atoms with Crippen molar-refractivity contribution < 1.29 is 10.3 Å². The number of hydrogen-bond acceptors (Lipinski definition) is 4. The summed E-state index contributed by atoms with van der Waals surface area (Å²) in [6.45, 7) is 0. The highest BCUT2D eigenvalue weighted by Gasteiger charge is 1.99. The molecule has 0 heterocycles. The highest BCUT2D eigenvalue weighted by Crippen LogP contribution is 2.29. The molecule has 0 amide bonds. The third kappa shape index (κ3) is 5.00. The maximum absolute atomic E-state index is 8.36. The number of nitrogens with zero attached hydrogens (tertiary/aromatic N) is 1. The molecule has 0 fully saturated rings. The second-order valence-corrected chi connectivity index (χ2v) is 3.63. The molecule has 1 rings (SSSR count). The third-order valence-corrected chi connectivity index (χ3v) is 3.15. The zero-order valence-electron chi connectivity index (χ0n) is 6.78. The number of nitrogens with two attached hydrogens (primary N) is 1. The smallest absolute Gasteiger partial charge is 0.291 e. The monoisotopic (exact) mass is 327 g/mol. The summed E-state index contributed by atoms with van der Waals surface area (Å²) in [5.74, 6) is 5.22. The minimum absolute atomic E-state index is 0.870. The Balaban J connectivity index is 0.000000364. The first-order valence-corrected chi connectivity index (χ1v) is 4.81. The topological polar surface area (TPSA) is 101 Å². The van der Waals surface area contributed by atoms with Gasteiger partial charge in [-0.25, -0.2) is 0 Å². The lowest BCUT2D eigenvalue weighted by atomic mass is 10.3. The van der Waals surface area contributed by atoms with E-state index in [2.05, 4.69) is 37.3 Å². The van der Waals surface area contributed by atoms with Crippen molar-refractivity contribution in [1.29, 1.82) is 0 Å². The van der Waals surface area contributed by atoms with E-state index in [1.54, 1.807) is 0 Å². The second kappa shape index (κ2) is 6.57. The molecule has 0 aliphatic heterocycles. The molecule has 0 radical (unpaired) electrons. The molecule has 0 atom stereocenters. The SMILES string of the molecule is NNc1cccc(Br)c1Br.O=[N+]([O-])O. The predicted molar refractivity (Wildman–Crippen MR) is 58.4 cm³/mol. The van der Waals surface area contributed by atoms with Crippen LogP contribution in [0.4, 0.5) is 5.69 Å². The van der Waals surface area contributed by atoms with Crippen LogP contribution in [0.5, 0.6) is 0 Å². The van der Waals surface area contributed by atoms with Crippen LogP contribution in [0.3, 0.4) is 0 Å². The second-order valence-electron chi connectivity index (χ2n) is 1.98. The van der Waals surface area contributed by atoms with Crippen molar-refractivity contribution >= 4 is 37.5 Å². The molecular weight excluding hydrogens is 322 g/mol. The van der Waals surface area contributed by atoms with E-state index in [4.69, 9.17) is 21.2 Å². The van der Waals surface area contributed by atoms with Crippen molar-refractivity contribution in [3.05, 3.63) is 37.3 Å². The van der Waals surface area contributed by atoms with Crippen LogP contribution in [-0.2, 0) is 0 Å². The number of hydrogen-bond donors (Lipinski definition) is 3. The van der Waals surface area contributed by atoms with Gasteiger partial charge in [-0.2, -0.15) is 0 Å². The lowest BCUT2D eigenvalue weighted by molar-refractivity contribution is -0.742. The number of benzene rings is 1. The van der Waals surface area contributed by atoms with E-state index in [9.17, 15) is 0 Å². The third-order valence-electron chi connectivity index (χ3n) is 1.11. The van der Waals surface area contributed by atoms with Crippen molar-refractivity contribution in [2.24, 2.45) is 5.84 Å². The molecule has 0 aromatic heterocycles. The number of anilines is 1. The first kappa shape index (κ1) is 13.1. The first-order chi connectivity index (χ1) is 6.49. The summed E-state index contributed by atoms with van der Waals surface area (Å²) >= 11 is 6.70. The lowest BCUT2D eigenvalue weighted by Gasteiger charge is -2.02. The summed E-state index contributed by atoms with van der Waals surface area (Å²) < 4.78 is 1.93. The molecule has 0 bridgehead atoms. The molecule has 0 unspecified atom stereocenters. The number of halogens is 2. The van der Waals surface area contributed by atoms with Crippen LogP contribution < -0.4 is 11.3 Å². The summed E-state index contributed by atoms with van der Waals surface area (Å²) in [6, 6.07) is 5.73. The maximum Gasteiger partial charge on any atom is 0.291 e. The van der Waals surface area contributed by atoms with E-state index >= 15 is 0 Å². The van der Waals surface area contributed by atoms with Gasteiger partial charge in [0.1, 0.15) is 0 Å². The Morgan fingerprint density at radius 1 is 1.50 bits per heavy atom. The molecule has 4 N–H and O–H groups in total. The van der Waals surface area contributed by atoms with E-state index in [1.807, 2.05) is 18.2 Å². The molecular formula is C6H7Br2N3O3. The highest BCUT2D eigenvalue weighted by atomic mass is 79.9. The van der Waals surface area contributed by atoms with Gasteiger partial charge in [0.25, 0.3) is 5.09 Å². The summed E-state index contributed by atoms with van der Waals surface area (Å²) in [7, 11) is 0. The zero-order chi connectivity index (χ0) is 11.1. The molecule has 6 nitrogen and oxygen atoms in total. The molecule has 78 valence electrons. The van der Waals surface area contributed by atoms with Gasteiger partial charge in [0.05, 0.1) is 10.2 Å². The van der Waals surface area contributed by atoms with E-state index in [-0.39, 0.29) is 0 Å². The van der Waals surface area contributed by atoms with Crippen LogP contribution in [0.2, 0.25) is 0 Å². The quantitative estimate of drug-likeness (QED) is 0.416. The Bertz CT molecular complexity index is 317. The fraction of sp³-hybridized carbons (Fsp3) is 0. The minimum Gasteiger partial charge on any atom is -0.328 e. The van der Waals surface area contributed by atoms with Gasteiger partial charge in [0.2, 0.25) is 0 Å². The van der Waals surface area contributed by atoms with Crippen molar-refractivity contribution in [2.75, 3.05) is 5.43 Å². The van der Waals surface area contributed by atoms with Crippen LogP contribution in [0.25, 0.3) is 0 Å². The summed E-state index contributed by atoms with van der Waals surface area (Å²) in [5, 5.41) is 13.6. The Labute approximate surface area is 96.4 Å². The van der Waals surface area contributed by atoms with E-state index in [0.29, 0.717) is 0 Å². The van der Waals surface area contributed by atoms with Gasteiger partial charge in [-0.05, 0) is 44.0 Å². The Morgan fingerprint density at radius 2 is 2.00 bits per heavy atom. The van der Waals surface area contributed by atoms with Crippen LogP contribution >= 0.6 is 31.9 Å². The molecule has 8 heteroatoms. The van der Waals surface area contributed by atoms with E-state index < -0.39 is 5.09 Å². The molecule has 0 spiro atoms. The molecule has 1 aromatic rings. The number of nitrogens with one attached hydrogen (secondary N) is 1. The molecule has 1 aromatic carbocycles. The predicted octanol–water partition coefficient (Wildman–Crippen LogP) is 2.15. The van der Waals surface area contributed by atoms with E-state index in [1.165, 1.54) is 0 Å². The van der Waals surface area contributed by atoms with Crippen molar-refractivity contribution in [2.45, 2.75) is 0 Å². The molecule has 0 saturated carbocycles. The Morgan fingerprint density at radius 3 is 2.36 bits per heavy atom. The van der Waals surface area contributed by atoms with Gasteiger partial charge in [-0.15, -0.1) is 10.1 Å². The van der Waals surface area contributed by atoms with E-state index in [0.717, 1.165) is 14.6 Å². The lowest BCUT2D eigenvalue weighted by Crippen LogP contribution is -2.06. The van der Waals surface area contributed by atoms with Gasteiger partial charge in [0, 0.05) is 4.47 Å². The Hall–Kier alpha value is -0.860. The van der Waals surface area contributed by atoms with Crippen molar-refractivity contribution in [3.63, 3.8) is 0 Å². The Kier molecular flexibility index (Phi) is 6.17. The average molecular weight is 329 g/mol. The van der Waals surface area contributed by atoms with Crippen molar-refractivity contribution in [1.82, 2.24) is 0 Å². The van der Waals surface area contributed by atoms with Gasteiger partial charge in [0.15, 0.2) is 0 Å². The fourth-order valence-electron chi connectivity index (χ4n) is 0.615. The average Bonchev–Trinajstić information content (AvgIpc) is 2.09. The van der Waals surface area contributed by atoms with Crippen molar-refractivity contribution in [3.8, 4) is 0 Å². The standard InChI is InChI=1S/C6H6Br2N2.HNO3/c7-4-2-1-3-5(10-9)6(4)8;2-1(3)4/h1-3,10H,9H2;(H,2,3,4). The summed E-state index contributed by atoms with van der Waals surface area (Å²) in [4.78, 5) is 8.36. The number of hydrazine groups is 1. The zero-order valence-corrected chi connectivity index (χ0v) is 9.95. The fourth-order valence-corrected chi connectivity index (χ4v) is 1.36. The number of nitrogen functional groups attached to an aromatic ring is 1. The van der Waals surface area contributed by atoms with Gasteiger partial charge < -0.3 is 10.6 Å². The highest BCUT2D eigenvalue weighted by molar-refractivity contribution is 9.13. The molecule has 0 aliphatic carbocycles. The van der Waals surface area contributed by atoms with Gasteiger partial charge in [-0.1, -0.05) is 6.07 Å². The van der Waals surface area contributed by atoms with Crippen LogP contribution in [0.15, 0.2) is 27.1 Å². The summed E-state index contributed by atoms with van der Waals surface area (Å²) in [6.07, 6.45) is 0. The minimum atomic E-state index is -1.50. The van der Waals surface area contributed by atoms with Gasteiger partial charge in [-0.3, -0.25) is 5.84 Å². The largest absolute Gasteiger partial charge is 0.328 e.